The number of ether oxygens (including phenoxy) is 2. The highest BCUT2D eigenvalue weighted by atomic mass is 19.4. The van der Waals surface area contributed by atoms with Crippen molar-refractivity contribution >= 4 is 22.7 Å². The number of nitrogen functional groups attached to an aromatic ring is 2. The van der Waals surface area contributed by atoms with Crippen molar-refractivity contribution < 1.29 is 35.8 Å². The normalized spacial score (nSPS) is 12.1. The summed E-state index contributed by atoms with van der Waals surface area (Å²) in [6.07, 6.45) is -9.70. The van der Waals surface area contributed by atoms with Crippen molar-refractivity contribution in [2.45, 2.75) is 12.7 Å². The lowest BCUT2D eigenvalue weighted by atomic mass is 9.93. The van der Waals surface area contributed by atoms with Gasteiger partial charge < -0.3 is 20.9 Å². The summed E-state index contributed by atoms with van der Waals surface area (Å²) in [6, 6.07) is 13.3. The summed E-state index contributed by atoms with van der Waals surface area (Å²) in [5.74, 6) is -0.906. The minimum Gasteiger partial charge on any atom is -0.406 e. The summed E-state index contributed by atoms with van der Waals surface area (Å²) in [6.45, 7) is 0. The number of nitrogens with two attached hydrogens (primary N) is 2. The molecule has 0 atom stereocenters. The third kappa shape index (κ3) is 5.05. The van der Waals surface area contributed by atoms with E-state index in [2.05, 4.69) is 19.4 Å². The fourth-order valence-corrected chi connectivity index (χ4v) is 3.34. The average Bonchev–Trinajstić information content (AvgIpc) is 2.73. The Morgan fingerprint density at radius 2 is 1.06 bits per heavy atom. The van der Waals surface area contributed by atoms with Crippen molar-refractivity contribution in [3.8, 4) is 33.8 Å². The molecule has 0 fully saturated rings. The Morgan fingerprint density at radius 3 is 1.56 bits per heavy atom. The smallest absolute Gasteiger partial charge is 0.406 e. The summed E-state index contributed by atoms with van der Waals surface area (Å²) in [5.41, 5.74) is 14.1. The second-order valence-corrected chi connectivity index (χ2v) is 6.99. The maximum atomic E-state index is 12.5. The van der Waals surface area contributed by atoms with Crippen molar-refractivity contribution in [3.05, 3.63) is 60.7 Å². The minimum atomic E-state index is -4.86. The maximum absolute atomic E-state index is 12.5. The predicted molar refractivity (Wildman–Crippen MR) is 113 cm³/mol. The van der Waals surface area contributed by atoms with Crippen LogP contribution in [-0.2, 0) is 0 Å². The Kier molecular flexibility index (Phi) is 5.59. The van der Waals surface area contributed by atoms with Gasteiger partial charge >= 0.3 is 12.7 Å². The summed E-state index contributed by atoms with van der Waals surface area (Å²) < 4.78 is 82.9. The van der Waals surface area contributed by atoms with Crippen LogP contribution in [0.3, 0.4) is 0 Å². The van der Waals surface area contributed by atoms with E-state index < -0.39 is 24.2 Å². The molecule has 0 saturated carbocycles. The molecule has 4 aromatic rings. The first-order valence-electron chi connectivity index (χ1n) is 9.48. The molecule has 4 rings (SSSR count). The van der Waals surface area contributed by atoms with Crippen LogP contribution < -0.4 is 20.9 Å². The molecule has 34 heavy (non-hydrogen) atoms. The van der Waals surface area contributed by atoms with Crippen LogP contribution >= 0.6 is 0 Å². The van der Waals surface area contributed by atoms with Gasteiger partial charge in [0.25, 0.3) is 0 Å². The number of fused-ring (bicyclic) bond motifs is 1. The van der Waals surface area contributed by atoms with Crippen LogP contribution in [0.1, 0.15) is 0 Å². The first-order chi connectivity index (χ1) is 15.9. The van der Waals surface area contributed by atoms with Crippen LogP contribution in [0.5, 0.6) is 11.5 Å². The second-order valence-electron chi connectivity index (χ2n) is 6.99. The van der Waals surface area contributed by atoms with E-state index in [-0.39, 0.29) is 11.6 Å². The van der Waals surface area contributed by atoms with Gasteiger partial charge in [-0.3, -0.25) is 0 Å². The first-order valence-corrected chi connectivity index (χ1v) is 9.48. The molecule has 4 N–H and O–H groups in total. The van der Waals surface area contributed by atoms with E-state index in [4.69, 9.17) is 11.5 Å². The van der Waals surface area contributed by atoms with Gasteiger partial charge in [0.1, 0.15) is 11.5 Å². The van der Waals surface area contributed by atoms with Crippen LogP contribution in [0.15, 0.2) is 60.7 Å². The molecule has 0 aliphatic heterocycles. The van der Waals surface area contributed by atoms with Gasteiger partial charge in [-0.05, 0) is 47.0 Å². The molecular formula is C22H14F6N4O2. The zero-order chi connectivity index (χ0) is 24.7. The SMILES string of the molecule is Nc1nc2ccc(-c3ccc(OC(F)(F)F)cc3)c(-c3ccc(OC(F)(F)F)cc3)c2nc1N. The van der Waals surface area contributed by atoms with E-state index in [1.165, 1.54) is 24.3 Å². The molecule has 0 radical (unpaired) electrons. The van der Waals surface area contributed by atoms with E-state index >= 15 is 0 Å². The molecule has 0 unspecified atom stereocenters. The lowest BCUT2D eigenvalue weighted by Gasteiger charge is -2.15. The zero-order valence-corrected chi connectivity index (χ0v) is 16.9. The van der Waals surface area contributed by atoms with Gasteiger partial charge in [0.15, 0.2) is 11.6 Å². The lowest BCUT2D eigenvalue weighted by molar-refractivity contribution is -0.275. The standard InChI is InChI=1S/C22H14F6N4O2/c23-21(24,25)33-13-5-1-11(2-6-13)15-9-10-16-18(32-20(30)19(29)31-16)17(15)12-3-7-14(8-4-12)34-22(26,27)28/h1-10H,(H2,29,31)(H2,30,32). The first kappa shape index (κ1) is 23.0. The minimum absolute atomic E-state index is 0.00576. The van der Waals surface area contributed by atoms with Crippen molar-refractivity contribution in [2.24, 2.45) is 0 Å². The van der Waals surface area contributed by atoms with Gasteiger partial charge in [0.05, 0.1) is 11.0 Å². The van der Waals surface area contributed by atoms with E-state index in [1.54, 1.807) is 12.1 Å². The highest BCUT2D eigenvalue weighted by Crippen LogP contribution is 2.39. The van der Waals surface area contributed by atoms with Crippen molar-refractivity contribution in [2.75, 3.05) is 11.5 Å². The lowest BCUT2D eigenvalue weighted by Crippen LogP contribution is -2.17. The number of anilines is 2. The summed E-state index contributed by atoms with van der Waals surface area (Å²) >= 11 is 0. The molecule has 1 heterocycles. The van der Waals surface area contributed by atoms with Crippen LogP contribution in [0.25, 0.3) is 33.3 Å². The quantitative estimate of drug-likeness (QED) is 0.352. The third-order valence-corrected chi connectivity index (χ3v) is 4.67. The Hall–Kier alpha value is -4.22. The molecule has 176 valence electrons. The molecule has 0 amide bonds. The molecule has 3 aromatic carbocycles. The van der Waals surface area contributed by atoms with Gasteiger partial charge in [0.2, 0.25) is 0 Å². The molecule has 0 aliphatic rings. The summed E-state index contributed by atoms with van der Waals surface area (Å²) in [4.78, 5) is 8.48. The fourth-order valence-electron chi connectivity index (χ4n) is 3.34. The maximum Gasteiger partial charge on any atom is 0.573 e. The number of aromatic nitrogens is 2. The van der Waals surface area contributed by atoms with E-state index in [9.17, 15) is 26.3 Å². The van der Waals surface area contributed by atoms with Gasteiger partial charge in [-0.15, -0.1) is 26.3 Å². The summed E-state index contributed by atoms with van der Waals surface area (Å²) in [7, 11) is 0. The summed E-state index contributed by atoms with van der Waals surface area (Å²) in [5, 5.41) is 0. The van der Waals surface area contributed by atoms with Crippen LogP contribution in [0.4, 0.5) is 38.0 Å². The highest BCUT2D eigenvalue weighted by Gasteiger charge is 2.32. The molecule has 0 saturated heterocycles. The monoisotopic (exact) mass is 480 g/mol. The largest absolute Gasteiger partial charge is 0.573 e. The molecule has 0 spiro atoms. The Morgan fingerprint density at radius 1 is 0.588 bits per heavy atom. The van der Waals surface area contributed by atoms with Crippen LogP contribution in [0.2, 0.25) is 0 Å². The predicted octanol–water partition coefficient (Wildman–Crippen LogP) is 5.93. The number of halogens is 6. The van der Waals surface area contributed by atoms with Crippen LogP contribution in [-0.4, -0.2) is 22.7 Å². The van der Waals surface area contributed by atoms with Crippen molar-refractivity contribution in [3.63, 3.8) is 0 Å². The molecule has 0 bridgehead atoms. The zero-order valence-electron chi connectivity index (χ0n) is 16.9. The topological polar surface area (TPSA) is 96.3 Å². The number of hydrogen-bond donors (Lipinski definition) is 2. The average molecular weight is 480 g/mol. The molecular weight excluding hydrogens is 466 g/mol. The van der Waals surface area contributed by atoms with Crippen molar-refractivity contribution in [1.82, 2.24) is 9.97 Å². The Labute approximate surface area is 187 Å². The Balaban J connectivity index is 1.86. The Bertz CT molecular complexity index is 1340. The second kappa shape index (κ2) is 8.28. The number of rotatable bonds is 4. The molecule has 1 aromatic heterocycles. The van der Waals surface area contributed by atoms with Gasteiger partial charge in [-0.25, -0.2) is 9.97 Å². The third-order valence-electron chi connectivity index (χ3n) is 4.67. The fraction of sp³-hybridized carbons (Fsp3) is 0.0909. The molecule has 6 nitrogen and oxygen atoms in total. The van der Waals surface area contributed by atoms with E-state index in [1.807, 2.05) is 0 Å². The highest BCUT2D eigenvalue weighted by molar-refractivity contribution is 6.01. The molecule has 0 aliphatic carbocycles. The molecule has 12 heteroatoms. The van der Waals surface area contributed by atoms with E-state index in [0.29, 0.717) is 33.3 Å². The van der Waals surface area contributed by atoms with Gasteiger partial charge in [0, 0.05) is 5.56 Å². The van der Waals surface area contributed by atoms with Gasteiger partial charge in [-0.1, -0.05) is 30.3 Å². The van der Waals surface area contributed by atoms with Crippen LogP contribution in [0, 0.1) is 0 Å². The number of benzene rings is 3. The van der Waals surface area contributed by atoms with E-state index in [0.717, 1.165) is 24.3 Å². The number of alkyl halides is 6. The number of hydrogen-bond acceptors (Lipinski definition) is 6. The van der Waals surface area contributed by atoms with Crippen molar-refractivity contribution in [1.29, 1.82) is 0 Å². The van der Waals surface area contributed by atoms with Gasteiger partial charge in [-0.2, -0.15) is 0 Å². The number of nitrogens with zero attached hydrogens (tertiary/aromatic N) is 2.